The lowest BCUT2D eigenvalue weighted by molar-refractivity contribution is -0.117. The summed E-state index contributed by atoms with van der Waals surface area (Å²) in [5.41, 5.74) is -0.0932. The average Bonchev–Trinajstić information content (AvgIpc) is 3.10. The molecule has 0 amide bonds. The highest BCUT2D eigenvalue weighted by Crippen LogP contribution is 2.32. The van der Waals surface area contributed by atoms with Crippen molar-refractivity contribution in [2.24, 2.45) is 11.3 Å². The fraction of sp³-hybridized carbons (Fsp3) is 0.929. The molecule has 1 fully saturated rings. The van der Waals surface area contributed by atoms with E-state index in [1.54, 1.807) is 0 Å². The maximum atomic E-state index is 11.3. The van der Waals surface area contributed by atoms with Gasteiger partial charge in [-0.15, -0.1) is 0 Å². The Kier molecular flexibility index (Phi) is 5.47. The zero-order valence-corrected chi connectivity index (χ0v) is 11.2. The van der Waals surface area contributed by atoms with Crippen molar-refractivity contribution in [2.75, 3.05) is 19.6 Å². The number of nitrogens with zero attached hydrogens (tertiary/aromatic N) is 1. The van der Waals surface area contributed by atoms with Crippen LogP contribution in [0.3, 0.4) is 0 Å². The molecule has 2 nitrogen and oxygen atoms in total. The number of hydrogen-bond acceptors (Lipinski definition) is 2. The second kappa shape index (κ2) is 6.39. The molecule has 0 aromatic rings. The molecule has 0 saturated heterocycles. The van der Waals surface area contributed by atoms with Gasteiger partial charge < -0.3 is 9.69 Å². The number of aldehydes is 1. The van der Waals surface area contributed by atoms with Crippen molar-refractivity contribution in [3.8, 4) is 0 Å². The second-order valence-corrected chi connectivity index (χ2v) is 5.37. The van der Waals surface area contributed by atoms with Crippen LogP contribution in [0.4, 0.5) is 0 Å². The third-order valence-corrected chi connectivity index (χ3v) is 3.95. The monoisotopic (exact) mass is 225 g/mol. The van der Waals surface area contributed by atoms with Crippen molar-refractivity contribution in [1.29, 1.82) is 0 Å². The zero-order chi connectivity index (χ0) is 12.0. The molecule has 0 N–H and O–H groups in total. The van der Waals surface area contributed by atoms with E-state index >= 15 is 0 Å². The minimum absolute atomic E-state index is 0.0932. The highest BCUT2D eigenvalue weighted by atomic mass is 16.1. The van der Waals surface area contributed by atoms with E-state index in [2.05, 4.69) is 25.7 Å². The molecule has 0 aliphatic heterocycles. The second-order valence-electron chi connectivity index (χ2n) is 5.37. The van der Waals surface area contributed by atoms with Crippen molar-refractivity contribution >= 4 is 6.29 Å². The van der Waals surface area contributed by atoms with Crippen molar-refractivity contribution < 1.29 is 4.79 Å². The first-order valence-electron chi connectivity index (χ1n) is 6.88. The number of rotatable bonds is 9. The zero-order valence-electron chi connectivity index (χ0n) is 11.2. The largest absolute Gasteiger partial charge is 0.303 e. The van der Waals surface area contributed by atoms with Gasteiger partial charge in [0.15, 0.2) is 0 Å². The molecule has 0 aromatic heterocycles. The first-order valence-corrected chi connectivity index (χ1v) is 6.88. The van der Waals surface area contributed by atoms with E-state index in [0.717, 1.165) is 31.8 Å². The molecule has 94 valence electrons. The fourth-order valence-corrected chi connectivity index (χ4v) is 2.34. The Labute approximate surface area is 100 Å². The van der Waals surface area contributed by atoms with Gasteiger partial charge in [0.1, 0.15) is 6.29 Å². The molecular formula is C14H27NO. The fourth-order valence-electron chi connectivity index (χ4n) is 2.34. The molecule has 0 heterocycles. The van der Waals surface area contributed by atoms with Crippen molar-refractivity contribution in [3.63, 3.8) is 0 Å². The summed E-state index contributed by atoms with van der Waals surface area (Å²) in [4.78, 5) is 13.8. The summed E-state index contributed by atoms with van der Waals surface area (Å²) in [6.45, 7) is 9.82. The van der Waals surface area contributed by atoms with Gasteiger partial charge in [0.05, 0.1) is 0 Å². The Hall–Kier alpha value is -0.370. The lowest BCUT2D eigenvalue weighted by Crippen LogP contribution is -2.39. The molecular weight excluding hydrogens is 198 g/mol. The van der Waals surface area contributed by atoms with E-state index in [-0.39, 0.29) is 5.41 Å². The maximum Gasteiger partial charge on any atom is 0.127 e. The first-order chi connectivity index (χ1) is 7.69. The molecule has 1 saturated carbocycles. The Morgan fingerprint density at radius 1 is 1.25 bits per heavy atom. The SMILES string of the molecule is CCCN(CC1CC1)CC(C=O)(CC)CC. The van der Waals surface area contributed by atoms with Gasteiger partial charge in [-0.25, -0.2) is 0 Å². The minimum atomic E-state index is -0.0932. The van der Waals surface area contributed by atoms with Crippen LogP contribution in [0.25, 0.3) is 0 Å². The van der Waals surface area contributed by atoms with Gasteiger partial charge in [0.25, 0.3) is 0 Å². The van der Waals surface area contributed by atoms with E-state index < -0.39 is 0 Å². The molecule has 0 spiro atoms. The lowest BCUT2D eigenvalue weighted by atomic mass is 9.83. The van der Waals surface area contributed by atoms with Crippen molar-refractivity contribution in [1.82, 2.24) is 4.90 Å². The molecule has 1 aliphatic rings. The summed E-state index contributed by atoms with van der Waals surface area (Å²) >= 11 is 0. The van der Waals surface area contributed by atoms with Crippen LogP contribution in [-0.4, -0.2) is 30.8 Å². The minimum Gasteiger partial charge on any atom is -0.303 e. The van der Waals surface area contributed by atoms with Crippen LogP contribution in [0.5, 0.6) is 0 Å². The molecule has 2 heteroatoms. The van der Waals surface area contributed by atoms with Crippen LogP contribution in [-0.2, 0) is 4.79 Å². The van der Waals surface area contributed by atoms with Gasteiger partial charge >= 0.3 is 0 Å². The summed E-state index contributed by atoms with van der Waals surface area (Å²) in [5, 5.41) is 0. The third-order valence-electron chi connectivity index (χ3n) is 3.95. The molecule has 1 rings (SSSR count). The predicted octanol–water partition coefficient (Wildman–Crippen LogP) is 3.11. The topological polar surface area (TPSA) is 20.3 Å². The Balaban J connectivity index is 2.51. The van der Waals surface area contributed by atoms with Crippen LogP contribution in [0, 0.1) is 11.3 Å². The van der Waals surface area contributed by atoms with E-state index in [1.165, 1.54) is 32.1 Å². The molecule has 0 radical (unpaired) electrons. The molecule has 0 aromatic carbocycles. The van der Waals surface area contributed by atoms with E-state index in [1.807, 2.05) is 0 Å². The van der Waals surface area contributed by atoms with Crippen LogP contribution in [0.15, 0.2) is 0 Å². The molecule has 1 aliphatic carbocycles. The van der Waals surface area contributed by atoms with Crippen molar-refractivity contribution in [2.45, 2.75) is 52.9 Å². The Bertz CT molecular complexity index is 207. The quantitative estimate of drug-likeness (QED) is 0.562. The van der Waals surface area contributed by atoms with Gasteiger partial charge in [-0.05, 0) is 44.6 Å². The average molecular weight is 225 g/mol. The normalized spacial score (nSPS) is 16.8. The van der Waals surface area contributed by atoms with Crippen molar-refractivity contribution in [3.05, 3.63) is 0 Å². The third kappa shape index (κ3) is 3.89. The summed E-state index contributed by atoms with van der Waals surface area (Å²) < 4.78 is 0. The summed E-state index contributed by atoms with van der Waals surface area (Å²) in [6, 6.07) is 0. The highest BCUT2D eigenvalue weighted by molar-refractivity contribution is 5.59. The van der Waals surface area contributed by atoms with Gasteiger partial charge in [-0.2, -0.15) is 0 Å². The number of carbonyl (C=O) groups is 1. The maximum absolute atomic E-state index is 11.3. The van der Waals surface area contributed by atoms with Crippen LogP contribution < -0.4 is 0 Å². The predicted molar refractivity (Wildman–Crippen MR) is 68.5 cm³/mol. The standard InChI is InChI=1S/C14H27NO/c1-4-9-15(10-13-7-8-13)11-14(5-2,6-3)12-16/h12-13H,4-11H2,1-3H3. The first kappa shape index (κ1) is 13.7. The van der Waals surface area contributed by atoms with Crippen LogP contribution >= 0.6 is 0 Å². The van der Waals surface area contributed by atoms with E-state index in [4.69, 9.17) is 0 Å². The van der Waals surface area contributed by atoms with Gasteiger partial charge in [-0.1, -0.05) is 20.8 Å². The molecule has 16 heavy (non-hydrogen) atoms. The molecule has 0 bridgehead atoms. The van der Waals surface area contributed by atoms with Gasteiger partial charge in [0.2, 0.25) is 0 Å². The smallest absolute Gasteiger partial charge is 0.127 e. The van der Waals surface area contributed by atoms with Gasteiger partial charge in [-0.3, -0.25) is 0 Å². The van der Waals surface area contributed by atoms with Crippen LogP contribution in [0.1, 0.15) is 52.9 Å². The lowest BCUT2D eigenvalue weighted by Gasteiger charge is -2.33. The van der Waals surface area contributed by atoms with E-state index in [9.17, 15) is 4.79 Å². The van der Waals surface area contributed by atoms with Crippen LogP contribution in [0.2, 0.25) is 0 Å². The Morgan fingerprint density at radius 2 is 1.88 bits per heavy atom. The molecule has 0 atom stereocenters. The summed E-state index contributed by atoms with van der Waals surface area (Å²) in [5.74, 6) is 0.921. The number of hydrogen-bond donors (Lipinski definition) is 0. The Morgan fingerprint density at radius 3 is 2.25 bits per heavy atom. The highest BCUT2D eigenvalue weighted by Gasteiger charge is 2.31. The summed E-state index contributed by atoms with van der Waals surface area (Å²) in [7, 11) is 0. The number of carbonyl (C=O) groups excluding carboxylic acids is 1. The summed E-state index contributed by atoms with van der Waals surface area (Å²) in [6.07, 6.45) is 7.12. The molecule has 0 unspecified atom stereocenters. The van der Waals surface area contributed by atoms with E-state index in [0.29, 0.717) is 0 Å². The van der Waals surface area contributed by atoms with Gasteiger partial charge in [0, 0.05) is 18.5 Å².